The Hall–Kier alpha value is -0.730. The van der Waals surface area contributed by atoms with Gasteiger partial charge in [-0.25, -0.2) is 0 Å². The Labute approximate surface area is 136 Å². The lowest BCUT2D eigenvalue weighted by molar-refractivity contribution is -0.151. The van der Waals surface area contributed by atoms with Crippen molar-refractivity contribution >= 4 is 29.2 Å². The van der Waals surface area contributed by atoms with Crippen LogP contribution in [0.2, 0.25) is 10.0 Å². The quantitative estimate of drug-likeness (QED) is 0.764. The van der Waals surface area contributed by atoms with Crippen LogP contribution in [-0.2, 0) is 11.2 Å². The zero-order valence-electron chi connectivity index (χ0n) is 12.4. The van der Waals surface area contributed by atoms with Crippen LogP contribution in [0.25, 0.3) is 0 Å². The molecule has 0 aromatic heterocycles. The lowest BCUT2D eigenvalue weighted by Crippen LogP contribution is -2.37. The third-order valence-corrected chi connectivity index (χ3v) is 5.34. The normalized spacial score (nSPS) is 25.8. The minimum Gasteiger partial charge on any atom is -0.481 e. The van der Waals surface area contributed by atoms with Gasteiger partial charge in [-0.15, -0.1) is 0 Å². The minimum absolute atomic E-state index is 0.497. The smallest absolute Gasteiger partial charge is 0.309 e. The lowest BCUT2D eigenvalue weighted by Gasteiger charge is -2.37. The second-order valence-corrected chi connectivity index (χ2v) is 7.07. The summed E-state index contributed by atoms with van der Waals surface area (Å²) in [6.45, 7) is 2.19. The summed E-state index contributed by atoms with van der Waals surface area (Å²) in [6.07, 6.45) is 6.37. The van der Waals surface area contributed by atoms with Gasteiger partial charge in [0.1, 0.15) is 0 Å². The Morgan fingerprint density at radius 1 is 1.33 bits per heavy atom. The molecule has 0 saturated heterocycles. The first kappa shape index (κ1) is 16.6. The molecule has 1 fully saturated rings. The summed E-state index contributed by atoms with van der Waals surface area (Å²) < 4.78 is 0. The fraction of sp³-hybridized carbons (Fsp3) is 0.588. The zero-order valence-corrected chi connectivity index (χ0v) is 13.9. The van der Waals surface area contributed by atoms with Crippen molar-refractivity contribution in [3.8, 4) is 0 Å². The molecule has 1 aliphatic rings. The molecular weight excluding hydrogens is 307 g/mol. The van der Waals surface area contributed by atoms with Gasteiger partial charge in [0, 0.05) is 10.0 Å². The van der Waals surface area contributed by atoms with Gasteiger partial charge in [0.25, 0.3) is 0 Å². The van der Waals surface area contributed by atoms with Crippen LogP contribution in [0.4, 0.5) is 0 Å². The summed E-state index contributed by atoms with van der Waals surface area (Å²) in [5, 5.41) is 10.9. The molecule has 1 aromatic carbocycles. The topological polar surface area (TPSA) is 37.3 Å². The molecule has 0 spiro atoms. The van der Waals surface area contributed by atoms with Gasteiger partial charge in [0.2, 0.25) is 0 Å². The van der Waals surface area contributed by atoms with Crippen molar-refractivity contribution in [1.29, 1.82) is 0 Å². The maximum absolute atomic E-state index is 11.9. The van der Waals surface area contributed by atoms with Gasteiger partial charge in [-0.05, 0) is 55.7 Å². The van der Waals surface area contributed by atoms with Crippen LogP contribution in [0, 0.1) is 11.3 Å². The van der Waals surface area contributed by atoms with Crippen molar-refractivity contribution in [1.82, 2.24) is 0 Å². The van der Waals surface area contributed by atoms with Crippen LogP contribution in [0.1, 0.15) is 51.0 Å². The first-order valence-corrected chi connectivity index (χ1v) is 8.40. The summed E-state index contributed by atoms with van der Waals surface area (Å²) in [5.41, 5.74) is 0.222. The van der Waals surface area contributed by atoms with E-state index in [1.54, 1.807) is 12.1 Å². The van der Waals surface area contributed by atoms with Crippen LogP contribution in [0.5, 0.6) is 0 Å². The summed E-state index contributed by atoms with van der Waals surface area (Å²) in [6, 6.07) is 5.32. The highest BCUT2D eigenvalue weighted by atomic mass is 35.5. The molecule has 0 radical (unpaired) electrons. The molecule has 0 unspecified atom stereocenters. The largest absolute Gasteiger partial charge is 0.481 e. The molecule has 21 heavy (non-hydrogen) atoms. The van der Waals surface area contributed by atoms with Gasteiger partial charge in [0.15, 0.2) is 0 Å². The van der Waals surface area contributed by atoms with Crippen molar-refractivity contribution in [3.63, 3.8) is 0 Å². The van der Waals surface area contributed by atoms with E-state index in [0.717, 1.165) is 31.2 Å². The Bertz CT molecular complexity index is 506. The summed E-state index contributed by atoms with van der Waals surface area (Å²) in [4.78, 5) is 11.9. The molecule has 4 heteroatoms. The number of hydrogen-bond donors (Lipinski definition) is 1. The number of carboxylic acid groups (broad SMARTS) is 1. The second-order valence-electron chi connectivity index (χ2n) is 6.23. The van der Waals surface area contributed by atoms with E-state index >= 15 is 0 Å². The standard InChI is InChI=1S/C17H22Cl2O2/c1-2-3-12-6-8-17(9-7-12,16(20)21)11-13-4-5-14(18)10-15(13)19/h4-5,10,12H,2-3,6-9,11H2,1H3,(H,20,21). The molecule has 1 aromatic rings. The Morgan fingerprint density at radius 3 is 2.52 bits per heavy atom. The molecule has 0 aliphatic heterocycles. The summed E-state index contributed by atoms with van der Waals surface area (Å²) >= 11 is 12.1. The average Bonchev–Trinajstić information content (AvgIpc) is 2.44. The highest BCUT2D eigenvalue weighted by Gasteiger charge is 2.42. The summed E-state index contributed by atoms with van der Waals surface area (Å²) in [5.74, 6) is -0.00775. The van der Waals surface area contributed by atoms with E-state index in [4.69, 9.17) is 23.2 Å². The van der Waals surface area contributed by atoms with E-state index in [1.165, 1.54) is 12.8 Å². The third-order valence-electron chi connectivity index (χ3n) is 4.76. The fourth-order valence-corrected chi connectivity index (χ4v) is 3.90. The maximum atomic E-state index is 11.9. The number of aliphatic carboxylic acids is 1. The van der Waals surface area contributed by atoms with Crippen LogP contribution >= 0.6 is 23.2 Å². The predicted octanol–water partition coefficient (Wildman–Crippen LogP) is 5.60. The number of halogens is 2. The maximum Gasteiger partial charge on any atom is 0.309 e. The van der Waals surface area contributed by atoms with E-state index in [-0.39, 0.29) is 0 Å². The van der Waals surface area contributed by atoms with Crippen molar-refractivity contribution in [2.45, 2.75) is 51.9 Å². The number of carbonyl (C=O) groups is 1. The molecule has 1 saturated carbocycles. The molecule has 2 nitrogen and oxygen atoms in total. The van der Waals surface area contributed by atoms with Crippen molar-refractivity contribution < 1.29 is 9.90 Å². The van der Waals surface area contributed by atoms with Crippen LogP contribution in [-0.4, -0.2) is 11.1 Å². The fourth-order valence-electron chi connectivity index (χ4n) is 3.42. The van der Waals surface area contributed by atoms with Crippen molar-refractivity contribution in [2.24, 2.45) is 11.3 Å². The molecule has 0 heterocycles. The van der Waals surface area contributed by atoms with E-state index in [9.17, 15) is 9.90 Å². The zero-order chi connectivity index (χ0) is 15.5. The van der Waals surface area contributed by atoms with E-state index in [0.29, 0.717) is 22.4 Å². The minimum atomic E-state index is -0.691. The molecule has 116 valence electrons. The highest BCUT2D eigenvalue weighted by molar-refractivity contribution is 6.35. The van der Waals surface area contributed by atoms with Gasteiger partial charge in [-0.1, -0.05) is 49.0 Å². The number of hydrogen-bond acceptors (Lipinski definition) is 1. The Morgan fingerprint density at radius 2 is 2.00 bits per heavy atom. The first-order chi connectivity index (χ1) is 9.97. The SMILES string of the molecule is CCCC1CCC(Cc2ccc(Cl)cc2Cl)(C(=O)O)CC1. The predicted molar refractivity (Wildman–Crippen MR) is 87.1 cm³/mol. The van der Waals surface area contributed by atoms with Crippen LogP contribution in [0.15, 0.2) is 18.2 Å². The molecule has 0 amide bonds. The summed E-state index contributed by atoms with van der Waals surface area (Å²) in [7, 11) is 0. The van der Waals surface area contributed by atoms with E-state index < -0.39 is 11.4 Å². The van der Waals surface area contributed by atoms with Gasteiger partial charge < -0.3 is 5.11 Å². The Kier molecular flexibility index (Phi) is 5.56. The van der Waals surface area contributed by atoms with Gasteiger partial charge in [-0.3, -0.25) is 4.79 Å². The molecule has 1 aliphatic carbocycles. The number of benzene rings is 1. The van der Waals surface area contributed by atoms with Gasteiger partial charge in [-0.2, -0.15) is 0 Å². The Balaban J connectivity index is 2.15. The average molecular weight is 329 g/mol. The molecular formula is C17H22Cl2O2. The van der Waals surface area contributed by atoms with Crippen molar-refractivity contribution in [2.75, 3.05) is 0 Å². The van der Waals surface area contributed by atoms with Gasteiger partial charge >= 0.3 is 5.97 Å². The van der Waals surface area contributed by atoms with E-state index in [2.05, 4.69) is 6.92 Å². The third kappa shape index (κ3) is 3.92. The monoisotopic (exact) mass is 328 g/mol. The van der Waals surface area contributed by atoms with Crippen molar-refractivity contribution in [3.05, 3.63) is 33.8 Å². The van der Waals surface area contributed by atoms with Gasteiger partial charge in [0.05, 0.1) is 5.41 Å². The molecule has 0 bridgehead atoms. The number of carboxylic acids is 1. The highest BCUT2D eigenvalue weighted by Crippen LogP contribution is 2.44. The lowest BCUT2D eigenvalue weighted by atomic mass is 9.67. The molecule has 1 N–H and O–H groups in total. The molecule has 0 atom stereocenters. The van der Waals surface area contributed by atoms with Crippen LogP contribution < -0.4 is 0 Å². The van der Waals surface area contributed by atoms with E-state index in [1.807, 2.05) is 6.07 Å². The van der Waals surface area contributed by atoms with Crippen LogP contribution in [0.3, 0.4) is 0 Å². The molecule has 2 rings (SSSR count). The number of rotatable bonds is 5. The first-order valence-electron chi connectivity index (χ1n) is 7.64. The second kappa shape index (κ2) is 7.02.